The van der Waals surface area contributed by atoms with Crippen LogP contribution in [0.1, 0.15) is 41.6 Å². The van der Waals surface area contributed by atoms with E-state index in [1.807, 2.05) is 12.1 Å². The molecule has 114 valence electrons. The first-order valence-electron chi connectivity index (χ1n) is 7.25. The number of aliphatic hydroxyl groups is 1. The van der Waals surface area contributed by atoms with E-state index in [9.17, 15) is 4.79 Å². The Kier molecular flexibility index (Phi) is 8.94. The number of aliphatic hydroxyl groups excluding tert-OH is 1. The van der Waals surface area contributed by atoms with Gasteiger partial charge in [0.2, 0.25) is 0 Å². The molecule has 1 aromatic carbocycles. The summed E-state index contributed by atoms with van der Waals surface area (Å²) in [6.07, 6.45) is 3.49. The van der Waals surface area contributed by atoms with Gasteiger partial charge in [-0.2, -0.15) is 0 Å². The zero-order chi connectivity index (χ0) is 15.3. The van der Waals surface area contributed by atoms with Crippen LogP contribution in [0.15, 0.2) is 24.3 Å². The van der Waals surface area contributed by atoms with Crippen LogP contribution >= 0.6 is 0 Å². The van der Waals surface area contributed by atoms with Gasteiger partial charge in [0, 0.05) is 37.8 Å². The second kappa shape index (κ2) is 10.9. The molecule has 2 N–H and O–H groups in total. The lowest BCUT2D eigenvalue weighted by atomic mass is 10.1. The van der Waals surface area contributed by atoms with E-state index in [1.165, 1.54) is 0 Å². The zero-order valence-electron chi connectivity index (χ0n) is 12.5. The van der Waals surface area contributed by atoms with E-state index in [2.05, 4.69) is 17.2 Å². The Morgan fingerprint density at radius 1 is 1.24 bits per heavy atom. The molecular formula is C17H23NO3. The molecule has 0 unspecified atom stereocenters. The minimum absolute atomic E-state index is 0.0587. The predicted molar refractivity (Wildman–Crippen MR) is 83.1 cm³/mol. The van der Waals surface area contributed by atoms with E-state index in [0.29, 0.717) is 18.5 Å². The highest BCUT2D eigenvalue weighted by Crippen LogP contribution is 2.03. The standard InChI is InChI=1S/C17H23NO3/c1-21-14-6-2-4-12-18-17(20)16-10-8-15(9-11-16)7-3-5-13-19/h8-11,19H,2,4-6,12-14H2,1H3,(H,18,20). The smallest absolute Gasteiger partial charge is 0.251 e. The van der Waals surface area contributed by atoms with Crippen LogP contribution in [0.25, 0.3) is 0 Å². The number of rotatable bonds is 8. The molecule has 4 nitrogen and oxygen atoms in total. The number of hydrogen-bond acceptors (Lipinski definition) is 3. The predicted octanol–water partition coefficient (Wildman–Crippen LogP) is 1.97. The zero-order valence-corrected chi connectivity index (χ0v) is 12.5. The van der Waals surface area contributed by atoms with Crippen molar-refractivity contribution in [2.75, 3.05) is 26.9 Å². The number of carbonyl (C=O) groups excluding carboxylic acids is 1. The maximum Gasteiger partial charge on any atom is 0.251 e. The lowest BCUT2D eigenvalue weighted by Crippen LogP contribution is -2.24. The third-order valence-electron chi connectivity index (χ3n) is 2.93. The summed E-state index contributed by atoms with van der Waals surface area (Å²) in [6.45, 7) is 1.52. The van der Waals surface area contributed by atoms with E-state index >= 15 is 0 Å². The van der Waals surface area contributed by atoms with Crippen LogP contribution in [0.3, 0.4) is 0 Å². The lowest BCUT2D eigenvalue weighted by molar-refractivity contribution is 0.0952. The van der Waals surface area contributed by atoms with E-state index in [1.54, 1.807) is 19.2 Å². The van der Waals surface area contributed by atoms with E-state index < -0.39 is 0 Å². The first-order valence-corrected chi connectivity index (χ1v) is 7.25. The van der Waals surface area contributed by atoms with Gasteiger partial charge in [-0.05, 0) is 43.5 Å². The number of nitrogens with one attached hydrogen (secondary N) is 1. The monoisotopic (exact) mass is 289 g/mol. The van der Waals surface area contributed by atoms with Crippen molar-refractivity contribution < 1.29 is 14.6 Å². The normalized spacial score (nSPS) is 9.81. The highest BCUT2D eigenvalue weighted by molar-refractivity contribution is 5.94. The quantitative estimate of drug-likeness (QED) is 0.568. The highest BCUT2D eigenvalue weighted by atomic mass is 16.5. The number of carbonyl (C=O) groups is 1. The molecule has 0 fully saturated rings. The Labute approximate surface area is 126 Å². The van der Waals surface area contributed by atoms with Crippen LogP contribution in [0.4, 0.5) is 0 Å². The Balaban J connectivity index is 2.33. The minimum atomic E-state index is -0.0587. The summed E-state index contributed by atoms with van der Waals surface area (Å²) in [5.74, 6) is 5.72. The van der Waals surface area contributed by atoms with Crippen LogP contribution in [-0.4, -0.2) is 37.9 Å². The molecule has 0 saturated heterocycles. The van der Waals surface area contributed by atoms with E-state index in [-0.39, 0.29) is 12.5 Å². The molecule has 1 amide bonds. The molecule has 0 aliphatic rings. The van der Waals surface area contributed by atoms with Gasteiger partial charge in [0.05, 0.1) is 6.61 Å². The average Bonchev–Trinajstić information content (AvgIpc) is 2.51. The number of hydrogen-bond donors (Lipinski definition) is 2. The molecule has 1 rings (SSSR count). The van der Waals surface area contributed by atoms with E-state index in [0.717, 1.165) is 31.4 Å². The summed E-state index contributed by atoms with van der Waals surface area (Å²) >= 11 is 0. The van der Waals surface area contributed by atoms with Gasteiger partial charge in [-0.1, -0.05) is 11.8 Å². The number of ether oxygens (including phenoxy) is 1. The van der Waals surface area contributed by atoms with Crippen LogP contribution in [0, 0.1) is 11.8 Å². The Hall–Kier alpha value is -1.83. The van der Waals surface area contributed by atoms with Crippen molar-refractivity contribution in [1.29, 1.82) is 0 Å². The molecular weight excluding hydrogens is 266 g/mol. The summed E-state index contributed by atoms with van der Waals surface area (Å²) in [5.41, 5.74) is 1.49. The summed E-state index contributed by atoms with van der Waals surface area (Å²) in [5, 5.41) is 11.5. The third-order valence-corrected chi connectivity index (χ3v) is 2.93. The molecule has 1 aromatic rings. The Bertz CT molecular complexity index is 471. The summed E-state index contributed by atoms with van der Waals surface area (Å²) < 4.78 is 4.97. The summed E-state index contributed by atoms with van der Waals surface area (Å²) in [4.78, 5) is 11.9. The molecule has 0 spiro atoms. The van der Waals surface area contributed by atoms with Crippen LogP contribution in [-0.2, 0) is 4.74 Å². The van der Waals surface area contributed by atoms with Crippen molar-refractivity contribution in [3.8, 4) is 11.8 Å². The van der Waals surface area contributed by atoms with E-state index in [4.69, 9.17) is 9.84 Å². The van der Waals surface area contributed by atoms with Gasteiger partial charge in [-0.15, -0.1) is 0 Å². The molecule has 21 heavy (non-hydrogen) atoms. The second-order valence-electron chi connectivity index (χ2n) is 4.66. The lowest BCUT2D eigenvalue weighted by Gasteiger charge is -2.05. The molecule has 0 aromatic heterocycles. The van der Waals surface area contributed by atoms with Gasteiger partial charge in [0.15, 0.2) is 0 Å². The first kappa shape index (κ1) is 17.2. The first-order chi connectivity index (χ1) is 10.3. The van der Waals surface area contributed by atoms with Gasteiger partial charge >= 0.3 is 0 Å². The molecule has 0 radical (unpaired) electrons. The van der Waals surface area contributed by atoms with Gasteiger partial charge in [0.25, 0.3) is 5.91 Å². The topological polar surface area (TPSA) is 58.6 Å². The molecule has 0 aliphatic heterocycles. The Morgan fingerprint density at radius 2 is 2.00 bits per heavy atom. The third kappa shape index (κ3) is 7.50. The van der Waals surface area contributed by atoms with Crippen molar-refractivity contribution in [1.82, 2.24) is 5.32 Å². The molecule has 0 atom stereocenters. The summed E-state index contributed by atoms with van der Waals surface area (Å²) in [7, 11) is 1.69. The number of benzene rings is 1. The highest BCUT2D eigenvalue weighted by Gasteiger charge is 2.03. The van der Waals surface area contributed by atoms with Gasteiger partial charge < -0.3 is 15.2 Å². The molecule has 0 aliphatic carbocycles. The maximum atomic E-state index is 11.9. The minimum Gasteiger partial charge on any atom is -0.395 e. The van der Waals surface area contributed by atoms with Crippen molar-refractivity contribution in [3.05, 3.63) is 35.4 Å². The molecule has 0 bridgehead atoms. The number of amides is 1. The number of methoxy groups -OCH3 is 1. The van der Waals surface area contributed by atoms with Gasteiger partial charge in [-0.25, -0.2) is 0 Å². The van der Waals surface area contributed by atoms with Crippen LogP contribution < -0.4 is 5.32 Å². The van der Waals surface area contributed by atoms with Crippen molar-refractivity contribution in [2.45, 2.75) is 25.7 Å². The fraction of sp³-hybridized carbons (Fsp3) is 0.471. The molecule has 0 saturated carbocycles. The molecule has 0 heterocycles. The maximum absolute atomic E-state index is 11.9. The molecule has 4 heteroatoms. The van der Waals surface area contributed by atoms with Crippen LogP contribution in [0.2, 0.25) is 0 Å². The van der Waals surface area contributed by atoms with Crippen molar-refractivity contribution in [3.63, 3.8) is 0 Å². The fourth-order valence-electron chi connectivity index (χ4n) is 1.78. The van der Waals surface area contributed by atoms with Gasteiger partial charge in [0.1, 0.15) is 0 Å². The van der Waals surface area contributed by atoms with Crippen molar-refractivity contribution >= 4 is 5.91 Å². The fourth-order valence-corrected chi connectivity index (χ4v) is 1.78. The van der Waals surface area contributed by atoms with Crippen LogP contribution in [0.5, 0.6) is 0 Å². The Morgan fingerprint density at radius 3 is 2.67 bits per heavy atom. The van der Waals surface area contributed by atoms with Crippen molar-refractivity contribution in [2.24, 2.45) is 0 Å². The van der Waals surface area contributed by atoms with Gasteiger partial charge in [-0.3, -0.25) is 4.79 Å². The largest absolute Gasteiger partial charge is 0.395 e. The average molecular weight is 289 g/mol. The summed E-state index contributed by atoms with van der Waals surface area (Å²) in [6, 6.07) is 7.17. The number of unbranched alkanes of at least 4 members (excludes halogenated alkanes) is 2. The SMILES string of the molecule is COCCCCCNC(=O)c1ccc(C#CCCO)cc1. The second-order valence-corrected chi connectivity index (χ2v) is 4.66.